The van der Waals surface area contributed by atoms with Crippen LogP contribution < -0.4 is 19.7 Å². The van der Waals surface area contributed by atoms with E-state index < -0.39 is 0 Å². The van der Waals surface area contributed by atoms with Crippen LogP contribution in [0.15, 0.2) is 60.7 Å². The van der Waals surface area contributed by atoms with Gasteiger partial charge >= 0.3 is 0 Å². The number of hydrogen-bond acceptors (Lipinski definition) is 6. The number of anilines is 2. The van der Waals surface area contributed by atoms with Gasteiger partial charge in [0.15, 0.2) is 23.9 Å². The lowest BCUT2D eigenvalue weighted by atomic mass is 9.99. The van der Waals surface area contributed by atoms with Crippen LogP contribution in [0.5, 0.6) is 11.5 Å². The molecule has 0 radical (unpaired) electrons. The molecule has 3 aromatic rings. The standard InChI is InChI=1S/C25H28N4O3/c1-18-13-15-29(16-14-18)24-12-11-21(27-28-24)19-7-9-20(10-8-19)26-25(30)17-32-23-6-4-3-5-22(23)31-2/h3-12,18H,13-17H2,1-2H3,(H,26,30). The number of hydrogen-bond donors (Lipinski definition) is 1. The molecule has 0 atom stereocenters. The summed E-state index contributed by atoms with van der Waals surface area (Å²) in [5.41, 5.74) is 2.44. The van der Waals surface area contributed by atoms with E-state index in [-0.39, 0.29) is 12.5 Å². The van der Waals surface area contributed by atoms with Crippen molar-refractivity contribution >= 4 is 17.4 Å². The molecular formula is C25H28N4O3. The van der Waals surface area contributed by atoms with Gasteiger partial charge in [0.25, 0.3) is 5.91 Å². The molecule has 7 nitrogen and oxygen atoms in total. The third kappa shape index (κ3) is 5.35. The second kappa shape index (κ2) is 10.1. The van der Waals surface area contributed by atoms with Gasteiger partial charge in [-0.3, -0.25) is 4.79 Å². The molecule has 2 aromatic carbocycles. The highest BCUT2D eigenvalue weighted by Crippen LogP contribution is 2.26. The summed E-state index contributed by atoms with van der Waals surface area (Å²) in [6.45, 7) is 4.25. The van der Waals surface area contributed by atoms with E-state index >= 15 is 0 Å². The maximum Gasteiger partial charge on any atom is 0.262 e. The van der Waals surface area contributed by atoms with Crippen molar-refractivity contribution in [1.82, 2.24) is 10.2 Å². The number of carbonyl (C=O) groups is 1. The predicted octanol–water partition coefficient (Wildman–Crippen LogP) is 4.41. The average Bonchev–Trinajstić information content (AvgIpc) is 2.84. The van der Waals surface area contributed by atoms with Gasteiger partial charge in [-0.1, -0.05) is 31.2 Å². The molecule has 4 rings (SSSR count). The number of rotatable bonds is 7. The smallest absolute Gasteiger partial charge is 0.262 e. The summed E-state index contributed by atoms with van der Waals surface area (Å²) in [4.78, 5) is 14.5. The molecule has 0 aliphatic carbocycles. The number of para-hydroxylation sites is 2. The summed E-state index contributed by atoms with van der Waals surface area (Å²) in [6.07, 6.45) is 2.39. The van der Waals surface area contributed by atoms with Crippen molar-refractivity contribution in [2.24, 2.45) is 5.92 Å². The molecule has 1 aromatic heterocycles. The van der Waals surface area contributed by atoms with Crippen molar-refractivity contribution in [3.05, 3.63) is 60.7 Å². The van der Waals surface area contributed by atoms with Crippen LogP contribution in [0.25, 0.3) is 11.3 Å². The Morgan fingerprint density at radius 3 is 2.38 bits per heavy atom. The van der Waals surface area contributed by atoms with Gasteiger partial charge in [0.2, 0.25) is 0 Å². The third-order valence-corrected chi connectivity index (χ3v) is 5.65. The first kappa shape index (κ1) is 21.6. The van der Waals surface area contributed by atoms with E-state index in [1.165, 1.54) is 12.8 Å². The van der Waals surface area contributed by atoms with Crippen molar-refractivity contribution in [3.63, 3.8) is 0 Å². The molecule has 0 bridgehead atoms. The summed E-state index contributed by atoms with van der Waals surface area (Å²) in [6, 6.07) is 18.8. The van der Waals surface area contributed by atoms with Gasteiger partial charge in [-0.2, -0.15) is 0 Å². The first-order valence-electron chi connectivity index (χ1n) is 10.9. The lowest BCUT2D eigenvalue weighted by molar-refractivity contribution is -0.118. The Labute approximate surface area is 188 Å². The fourth-order valence-electron chi connectivity index (χ4n) is 3.69. The van der Waals surface area contributed by atoms with Crippen LogP contribution >= 0.6 is 0 Å². The molecule has 0 saturated carbocycles. The van der Waals surface area contributed by atoms with E-state index in [1.54, 1.807) is 19.2 Å². The predicted molar refractivity (Wildman–Crippen MR) is 125 cm³/mol. The molecule has 166 valence electrons. The van der Waals surface area contributed by atoms with Crippen LogP contribution in [0.2, 0.25) is 0 Å². The minimum absolute atomic E-state index is 0.107. The van der Waals surface area contributed by atoms with Gasteiger partial charge in [-0.15, -0.1) is 10.2 Å². The molecule has 1 aliphatic rings. The molecule has 1 fully saturated rings. The topological polar surface area (TPSA) is 76.6 Å². The molecule has 7 heteroatoms. The van der Waals surface area contributed by atoms with Crippen LogP contribution in [0.1, 0.15) is 19.8 Å². The largest absolute Gasteiger partial charge is 0.493 e. The number of nitrogens with zero attached hydrogens (tertiary/aromatic N) is 3. The Morgan fingerprint density at radius 2 is 1.72 bits per heavy atom. The molecular weight excluding hydrogens is 404 g/mol. The highest BCUT2D eigenvalue weighted by Gasteiger charge is 2.17. The quantitative estimate of drug-likeness (QED) is 0.596. The van der Waals surface area contributed by atoms with E-state index in [0.717, 1.165) is 36.1 Å². The Kier molecular flexibility index (Phi) is 6.84. The summed E-state index contributed by atoms with van der Waals surface area (Å²) < 4.78 is 10.8. The van der Waals surface area contributed by atoms with Gasteiger partial charge in [0.05, 0.1) is 12.8 Å². The Hall–Kier alpha value is -3.61. The van der Waals surface area contributed by atoms with Gasteiger partial charge in [0, 0.05) is 24.3 Å². The third-order valence-electron chi connectivity index (χ3n) is 5.65. The molecule has 0 unspecified atom stereocenters. The maximum absolute atomic E-state index is 12.2. The fourth-order valence-corrected chi connectivity index (χ4v) is 3.69. The van der Waals surface area contributed by atoms with E-state index in [0.29, 0.717) is 17.2 Å². The zero-order valence-electron chi connectivity index (χ0n) is 18.5. The second-order valence-corrected chi connectivity index (χ2v) is 8.01. The summed E-state index contributed by atoms with van der Waals surface area (Å²) >= 11 is 0. The number of amides is 1. The highest BCUT2D eigenvalue weighted by molar-refractivity contribution is 5.92. The van der Waals surface area contributed by atoms with Gasteiger partial charge < -0.3 is 19.7 Å². The van der Waals surface area contributed by atoms with Gasteiger partial charge in [0.1, 0.15) is 0 Å². The molecule has 1 saturated heterocycles. The zero-order chi connectivity index (χ0) is 22.3. The molecule has 32 heavy (non-hydrogen) atoms. The Morgan fingerprint density at radius 1 is 1.00 bits per heavy atom. The SMILES string of the molecule is COc1ccccc1OCC(=O)Nc1ccc(-c2ccc(N3CCC(C)CC3)nn2)cc1. The number of methoxy groups -OCH3 is 1. The first-order chi connectivity index (χ1) is 15.6. The minimum Gasteiger partial charge on any atom is -0.493 e. The van der Waals surface area contributed by atoms with Crippen LogP contribution in [0.3, 0.4) is 0 Å². The molecule has 1 N–H and O–H groups in total. The molecule has 1 aliphatic heterocycles. The Balaban J connectivity index is 1.32. The monoisotopic (exact) mass is 432 g/mol. The van der Waals surface area contributed by atoms with Crippen molar-refractivity contribution in [3.8, 4) is 22.8 Å². The number of aromatic nitrogens is 2. The van der Waals surface area contributed by atoms with Crippen molar-refractivity contribution < 1.29 is 14.3 Å². The van der Waals surface area contributed by atoms with Gasteiger partial charge in [-0.25, -0.2) is 0 Å². The highest BCUT2D eigenvalue weighted by atomic mass is 16.5. The normalized spacial score (nSPS) is 14.1. The zero-order valence-corrected chi connectivity index (χ0v) is 18.5. The number of benzene rings is 2. The lowest BCUT2D eigenvalue weighted by Gasteiger charge is -2.30. The second-order valence-electron chi connectivity index (χ2n) is 8.01. The molecule has 1 amide bonds. The molecule has 0 spiro atoms. The average molecular weight is 433 g/mol. The van der Waals surface area contributed by atoms with Crippen molar-refractivity contribution in [2.75, 3.05) is 37.0 Å². The summed E-state index contributed by atoms with van der Waals surface area (Å²) in [7, 11) is 1.57. The summed E-state index contributed by atoms with van der Waals surface area (Å²) in [5.74, 6) is 2.58. The fraction of sp³-hybridized carbons (Fsp3) is 0.320. The van der Waals surface area contributed by atoms with E-state index in [1.807, 2.05) is 48.5 Å². The van der Waals surface area contributed by atoms with Crippen LogP contribution in [0, 0.1) is 5.92 Å². The summed E-state index contributed by atoms with van der Waals surface area (Å²) in [5, 5.41) is 11.7. The Bertz CT molecular complexity index is 1030. The first-order valence-corrected chi connectivity index (χ1v) is 10.9. The van der Waals surface area contributed by atoms with E-state index in [9.17, 15) is 4.79 Å². The van der Waals surface area contributed by atoms with Crippen molar-refractivity contribution in [1.29, 1.82) is 0 Å². The van der Waals surface area contributed by atoms with Crippen LogP contribution in [-0.4, -0.2) is 42.9 Å². The van der Waals surface area contributed by atoms with Crippen LogP contribution in [-0.2, 0) is 4.79 Å². The molecule has 2 heterocycles. The number of piperidine rings is 1. The van der Waals surface area contributed by atoms with Gasteiger partial charge in [-0.05, 0) is 55.2 Å². The maximum atomic E-state index is 12.2. The van der Waals surface area contributed by atoms with E-state index in [2.05, 4.69) is 27.3 Å². The van der Waals surface area contributed by atoms with Crippen molar-refractivity contribution in [2.45, 2.75) is 19.8 Å². The number of carbonyl (C=O) groups excluding carboxylic acids is 1. The number of nitrogens with one attached hydrogen (secondary N) is 1. The minimum atomic E-state index is -0.247. The number of ether oxygens (including phenoxy) is 2. The van der Waals surface area contributed by atoms with Crippen LogP contribution in [0.4, 0.5) is 11.5 Å². The van der Waals surface area contributed by atoms with E-state index in [4.69, 9.17) is 9.47 Å². The lowest BCUT2D eigenvalue weighted by Crippen LogP contribution is -2.33.